The fraction of sp³-hybridized carbons (Fsp3) is 0.333. The van der Waals surface area contributed by atoms with Crippen molar-refractivity contribution in [3.63, 3.8) is 0 Å². The number of aromatic hydroxyl groups is 1. The van der Waals surface area contributed by atoms with Gasteiger partial charge in [0.2, 0.25) is 10.0 Å². The largest absolute Gasteiger partial charge is 0.508 e. The summed E-state index contributed by atoms with van der Waals surface area (Å²) in [4.78, 5) is 0.0643. The van der Waals surface area contributed by atoms with Crippen LogP contribution >= 0.6 is 0 Å². The highest BCUT2D eigenvalue weighted by Crippen LogP contribution is 2.15. The van der Waals surface area contributed by atoms with Crippen LogP contribution < -0.4 is 4.72 Å². The van der Waals surface area contributed by atoms with Crippen molar-refractivity contribution in [1.29, 1.82) is 0 Å². The lowest BCUT2D eigenvalue weighted by atomic mass is 10.2. The van der Waals surface area contributed by atoms with Gasteiger partial charge in [0.25, 0.3) is 0 Å². The van der Waals surface area contributed by atoms with E-state index in [4.69, 9.17) is 6.42 Å². The van der Waals surface area contributed by atoms with Gasteiger partial charge in [-0.05, 0) is 31.0 Å². The molecule has 17 heavy (non-hydrogen) atoms. The van der Waals surface area contributed by atoms with Crippen molar-refractivity contribution in [2.75, 3.05) is 6.54 Å². The van der Waals surface area contributed by atoms with E-state index in [9.17, 15) is 13.5 Å². The first kappa shape index (κ1) is 13.6. The molecular weight excluding hydrogens is 238 g/mol. The molecule has 2 N–H and O–H groups in total. The van der Waals surface area contributed by atoms with Gasteiger partial charge in [-0.25, -0.2) is 13.1 Å². The average Bonchev–Trinajstić information content (AvgIpc) is 2.29. The summed E-state index contributed by atoms with van der Waals surface area (Å²) in [6, 6.07) is 5.56. The molecule has 0 radical (unpaired) electrons. The summed E-state index contributed by atoms with van der Waals surface area (Å²) in [6.07, 6.45) is 7.22. The molecule has 0 amide bonds. The Kier molecular flexibility index (Phi) is 5.01. The Labute approximate surface area is 102 Å². The second-order valence-electron chi connectivity index (χ2n) is 3.56. The summed E-state index contributed by atoms with van der Waals surface area (Å²) in [5.74, 6) is 2.42. The maximum Gasteiger partial charge on any atom is 0.240 e. The van der Waals surface area contributed by atoms with Crippen molar-refractivity contribution in [3.8, 4) is 18.1 Å². The van der Waals surface area contributed by atoms with Crippen molar-refractivity contribution in [2.24, 2.45) is 0 Å². The Bertz CT molecular complexity index is 503. The van der Waals surface area contributed by atoms with E-state index in [0.717, 1.165) is 6.42 Å². The number of benzene rings is 1. The fourth-order valence-corrected chi connectivity index (χ4v) is 2.41. The van der Waals surface area contributed by atoms with Gasteiger partial charge in [-0.1, -0.05) is 6.07 Å². The maximum atomic E-state index is 11.8. The van der Waals surface area contributed by atoms with Crippen LogP contribution in [0, 0.1) is 12.3 Å². The van der Waals surface area contributed by atoms with Gasteiger partial charge in [-0.15, -0.1) is 12.3 Å². The molecule has 0 saturated carbocycles. The number of hydrogen-bond donors (Lipinski definition) is 2. The van der Waals surface area contributed by atoms with Gasteiger partial charge in [0.05, 0.1) is 4.90 Å². The first-order chi connectivity index (χ1) is 8.06. The number of sulfonamides is 1. The van der Waals surface area contributed by atoms with Crippen molar-refractivity contribution in [3.05, 3.63) is 24.3 Å². The van der Waals surface area contributed by atoms with Gasteiger partial charge >= 0.3 is 0 Å². The molecule has 1 aromatic rings. The lowest BCUT2D eigenvalue weighted by molar-refractivity contribution is 0.473. The van der Waals surface area contributed by atoms with Crippen LogP contribution in [0.5, 0.6) is 5.75 Å². The molecule has 0 unspecified atom stereocenters. The number of unbranched alkanes of at least 4 members (excludes halogenated alkanes) is 2. The Morgan fingerprint density at radius 2 is 2.12 bits per heavy atom. The molecule has 1 aromatic carbocycles. The fourth-order valence-electron chi connectivity index (χ4n) is 1.29. The monoisotopic (exact) mass is 253 g/mol. The average molecular weight is 253 g/mol. The number of hydrogen-bond acceptors (Lipinski definition) is 3. The molecule has 0 spiro atoms. The topological polar surface area (TPSA) is 66.4 Å². The molecule has 5 heteroatoms. The van der Waals surface area contributed by atoms with E-state index in [1.807, 2.05) is 0 Å². The minimum atomic E-state index is -3.53. The predicted molar refractivity (Wildman–Crippen MR) is 66.0 cm³/mol. The molecule has 0 aromatic heterocycles. The second kappa shape index (κ2) is 6.28. The lowest BCUT2D eigenvalue weighted by Crippen LogP contribution is -2.24. The number of nitrogens with one attached hydrogen (secondary N) is 1. The molecule has 0 bridgehead atoms. The highest BCUT2D eigenvalue weighted by atomic mass is 32.2. The van der Waals surface area contributed by atoms with Crippen molar-refractivity contribution in [1.82, 2.24) is 4.72 Å². The van der Waals surface area contributed by atoms with Crippen LogP contribution in [0.15, 0.2) is 29.2 Å². The van der Waals surface area contributed by atoms with Gasteiger partial charge < -0.3 is 5.11 Å². The van der Waals surface area contributed by atoms with Crippen molar-refractivity contribution in [2.45, 2.75) is 24.2 Å². The van der Waals surface area contributed by atoms with Crippen molar-refractivity contribution >= 4 is 10.0 Å². The van der Waals surface area contributed by atoms with Crippen LogP contribution in [0.2, 0.25) is 0 Å². The predicted octanol–water partition coefficient (Wildman–Crippen LogP) is 1.47. The summed E-state index contributed by atoms with van der Waals surface area (Å²) < 4.78 is 26.0. The quantitative estimate of drug-likeness (QED) is 0.596. The summed E-state index contributed by atoms with van der Waals surface area (Å²) in [5.41, 5.74) is 0. The van der Waals surface area contributed by atoms with Gasteiger partial charge in [0.1, 0.15) is 5.75 Å². The normalized spacial score (nSPS) is 11.0. The van der Waals surface area contributed by atoms with Gasteiger partial charge in [0.15, 0.2) is 0 Å². The first-order valence-corrected chi connectivity index (χ1v) is 6.77. The SMILES string of the molecule is C#CCCCCNS(=O)(=O)c1cccc(O)c1. The van der Waals surface area contributed by atoms with Crippen LogP contribution in [-0.4, -0.2) is 20.1 Å². The first-order valence-electron chi connectivity index (χ1n) is 5.28. The zero-order valence-corrected chi connectivity index (χ0v) is 10.2. The highest BCUT2D eigenvalue weighted by molar-refractivity contribution is 7.89. The van der Waals surface area contributed by atoms with Crippen LogP contribution in [0.3, 0.4) is 0 Å². The third-order valence-electron chi connectivity index (χ3n) is 2.17. The number of terminal acetylenes is 1. The summed E-state index contributed by atoms with van der Waals surface area (Å²) in [6.45, 7) is 0.347. The van der Waals surface area contributed by atoms with E-state index in [2.05, 4.69) is 10.6 Å². The summed E-state index contributed by atoms with van der Waals surface area (Å²) >= 11 is 0. The third kappa shape index (κ3) is 4.47. The van der Waals surface area contributed by atoms with Crippen LogP contribution in [0.25, 0.3) is 0 Å². The Balaban J connectivity index is 2.55. The molecule has 0 saturated heterocycles. The molecule has 0 aliphatic heterocycles. The number of rotatable bonds is 6. The molecule has 4 nitrogen and oxygen atoms in total. The molecule has 0 atom stereocenters. The van der Waals surface area contributed by atoms with Gasteiger partial charge in [-0.2, -0.15) is 0 Å². The second-order valence-corrected chi connectivity index (χ2v) is 5.32. The van der Waals surface area contributed by atoms with E-state index in [-0.39, 0.29) is 10.6 Å². The van der Waals surface area contributed by atoms with E-state index >= 15 is 0 Å². The highest BCUT2D eigenvalue weighted by Gasteiger charge is 2.13. The van der Waals surface area contributed by atoms with Crippen molar-refractivity contribution < 1.29 is 13.5 Å². The smallest absolute Gasteiger partial charge is 0.240 e. The number of phenolic OH excluding ortho intramolecular Hbond substituents is 1. The Hall–Kier alpha value is -1.51. The minimum Gasteiger partial charge on any atom is -0.508 e. The van der Waals surface area contributed by atoms with E-state index in [1.165, 1.54) is 24.3 Å². The molecular formula is C12H15NO3S. The lowest BCUT2D eigenvalue weighted by Gasteiger charge is -2.06. The van der Waals surface area contributed by atoms with Gasteiger partial charge in [0, 0.05) is 13.0 Å². The zero-order chi connectivity index (χ0) is 12.7. The zero-order valence-electron chi connectivity index (χ0n) is 9.39. The Morgan fingerprint density at radius 3 is 2.76 bits per heavy atom. The van der Waals surface area contributed by atoms with E-state index < -0.39 is 10.0 Å². The molecule has 0 heterocycles. The van der Waals surface area contributed by atoms with Crippen LogP contribution in [-0.2, 0) is 10.0 Å². The molecule has 0 aliphatic rings. The standard InChI is InChI=1S/C12H15NO3S/c1-2-3-4-5-9-13-17(15,16)12-8-6-7-11(14)10-12/h1,6-8,10,13-14H,3-5,9H2. The summed E-state index contributed by atoms with van der Waals surface area (Å²) in [5, 5.41) is 9.20. The summed E-state index contributed by atoms with van der Waals surface area (Å²) in [7, 11) is -3.53. The molecule has 1 rings (SSSR count). The molecule has 92 valence electrons. The third-order valence-corrected chi connectivity index (χ3v) is 3.63. The van der Waals surface area contributed by atoms with E-state index in [1.54, 1.807) is 0 Å². The Morgan fingerprint density at radius 1 is 1.35 bits per heavy atom. The maximum absolute atomic E-state index is 11.8. The van der Waals surface area contributed by atoms with Crippen LogP contribution in [0.1, 0.15) is 19.3 Å². The molecule has 0 aliphatic carbocycles. The van der Waals surface area contributed by atoms with E-state index in [0.29, 0.717) is 19.4 Å². The minimum absolute atomic E-state index is 0.0643. The number of phenols is 1. The van der Waals surface area contributed by atoms with Crippen LogP contribution in [0.4, 0.5) is 0 Å². The van der Waals surface area contributed by atoms with Gasteiger partial charge in [-0.3, -0.25) is 0 Å². The molecule has 0 fully saturated rings.